The lowest BCUT2D eigenvalue weighted by Crippen LogP contribution is -2.44. The first kappa shape index (κ1) is 42.1. The molecule has 0 radical (unpaired) electrons. The second-order valence-electron chi connectivity index (χ2n) is 15.7. The number of nitrogens with zero attached hydrogens (tertiary/aromatic N) is 4. The fourth-order valence-electron chi connectivity index (χ4n) is 6.47. The maximum atomic E-state index is 13.8. The lowest BCUT2D eigenvalue weighted by Gasteiger charge is -2.40. The molecule has 2 aliphatic rings. The Hall–Kier alpha value is -2.61. The number of benzene rings is 2. The standard InChI is InChI=1S/C42H58I2N4O4/c1-30-26-33-37(28-35(30)46(24-18-11-9-16-22-43)39(49)51-41(3,4)5)48(32-20-14-13-15-21-32)38-29-36(31(2)27-34(38)45-33)47(25-19-12-10-17-23-44)40(50)52-42(6,7)8/h13-15,20-21,26-29,37H,9-12,16-19,22-25H2,1-8H3. The number of carbonyl (C=O) groups is 2. The minimum Gasteiger partial charge on any atom is -0.443 e. The second-order valence-corrected chi connectivity index (χ2v) is 17.8. The molecule has 0 bridgehead atoms. The third-order valence-electron chi connectivity index (χ3n) is 8.84. The number of alkyl halides is 2. The molecule has 2 aromatic rings. The number of unbranched alkanes of at least 4 members (excludes halogenated alkanes) is 6. The molecule has 1 unspecified atom stereocenters. The van der Waals surface area contributed by atoms with E-state index in [0.717, 1.165) is 92.7 Å². The van der Waals surface area contributed by atoms with Crippen molar-refractivity contribution in [1.82, 2.24) is 4.90 Å². The molecule has 0 N–H and O–H groups in total. The summed E-state index contributed by atoms with van der Waals surface area (Å²) in [6.45, 7) is 16.7. The van der Waals surface area contributed by atoms with E-state index in [-0.39, 0.29) is 18.2 Å². The Morgan fingerprint density at radius 3 is 1.87 bits per heavy atom. The van der Waals surface area contributed by atoms with Crippen molar-refractivity contribution in [2.24, 2.45) is 4.99 Å². The number of allylic oxidation sites excluding steroid dienone is 1. The molecule has 0 spiro atoms. The number of amides is 2. The molecule has 1 heterocycles. The van der Waals surface area contributed by atoms with Crippen LogP contribution in [0, 0.1) is 6.92 Å². The molecular formula is C42H58I2N4O4. The molecule has 1 aliphatic heterocycles. The smallest absolute Gasteiger partial charge is 0.414 e. The minimum absolute atomic E-state index is 0.295. The van der Waals surface area contributed by atoms with Crippen molar-refractivity contribution in [3.63, 3.8) is 0 Å². The van der Waals surface area contributed by atoms with Crippen LogP contribution in [0.5, 0.6) is 0 Å². The number of para-hydroxylation sites is 1. The van der Waals surface area contributed by atoms with Gasteiger partial charge in [-0.05, 0) is 137 Å². The van der Waals surface area contributed by atoms with Crippen LogP contribution in [0.2, 0.25) is 0 Å². The van der Waals surface area contributed by atoms with Gasteiger partial charge in [0.2, 0.25) is 0 Å². The zero-order valence-corrected chi connectivity index (χ0v) is 36.8. The lowest BCUT2D eigenvalue weighted by molar-refractivity contribution is 0.0313. The van der Waals surface area contributed by atoms with E-state index in [1.807, 2.05) is 83.4 Å². The van der Waals surface area contributed by atoms with Gasteiger partial charge in [0, 0.05) is 24.5 Å². The van der Waals surface area contributed by atoms with Gasteiger partial charge in [-0.2, -0.15) is 0 Å². The van der Waals surface area contributed by atoms with Crippen LogP contribution in [0.1, 0.15) is 105 Å². The van der Waals surface area contributed by atoms with Crippen LogP contribution in [0.25, 0.3) is 0 Å². The molecule has 8 nitrogen and oxygen atoms in total. The number of aliphatic imine (C=N–C) groups is 1. The summed E-state index contributed by atoms with van der Waals surface area (Å²) in [5.74, 6) is 0. The van der Waals surface area contributed by atoms with Crippen LogP contribution in [0.3, 0.4) is 0 Å². The summed E-state index contributed by atoms with van der Waals surface area (Å²) >= 11 is 4.84. The van der Waals surface area contributed by atoms with Crippen molar-refractivity contribution in [2.45, 2.75) is 124 Å². The molecular weight excluding hydrogens is 878 g/mol. The van der Waals surface area contributed by atoms with Gasteiger partial charge in [-0.1, -0.05) is 89.1 Å². The molecule has 10 heteroatoms. The molecule has 0 aromatic heterocycles. The summed E-state index contributed by atoms with van der Waals surface area (Å²) in [5, 5.41) is 0. The average molecular weight is 937 g/mol. The Kier molecular flexibility index (Phi) is 15.5. The van der Waals surface area contributed by atoms with Crippen molar-refractivity contribution in [3.05, 3.63) is 71.5 Å². The summed E-state index contributed by atoms with van der Waals surface area (Å²) in [5.41, 5.74) is 5.95. The number of fused-ring (bicyclic) bond motifs is 2. The second kappa shape index (κ2) is 19.1. The first-order valence-corrected chi connectivity index (χ1v) is 21.8. The van der Waals surface area contributed by atoms with Crippen molar-refractivity contribution >= 4 is 85.8 Å². The van der Waals surface area contributed by atoms with Gasteiger partial charge >= 0.3 is 12.2 Å². The summed E-state index contributed by atoms with van der Waals surface area (Å²) < 4.78 is 14.2. The maximum Gasteiger partial charge on any atom is 0.414 e. The first-order chi connectivity index (χ1) is 24.6. The lowest BCUT2D eigenvalue weighted by atomic mass is 9.93. The highest BCUT2D eigenvalue weighted by molar-refractivity contribution is 14.1. The highest BCUT2D eigenvalue weighted by Gasteiger charge is 2.36. The molecule has 52 heavy (non-hydrogen) atoms. The minimum atomic E-state index is -0.628. The van der Waals surface area contributed by atoms with Gasteiger partial charge < -0.3 is 14.4 Å². The summed E-state index contributed by atoms with van der Waals surface area (Å²) in [4.78, 5) is 38.8. The molecule has 0 saturated carbocycles. The molecule has 4 rings (SSSR count). The third-order valence-corrected chi connectivity index (χ3v) is 10.4. The van der Waals surface area contributed by atoms with Gasteiger partial charge in [0.15, 0.2) is 0 Å². The Balaban J connectivity index is 1.82. The van der Waals surface area contributed by atoms with E-state index in [9.17, 15) is 9.59 Å². The fraction of sp³-hybridized carbons (Fsp3) is 0.548. The van der Waals surface area contributed by atoms with E-state index < -0.39 is 11.2 Å². The van der Waals surface area contributed by atoms with Gasteiger partial charge in [0.25, 0.3) is 0 Å². The largest absolute Gasteiger partial charge is 0.443 e. The summed E-state index contributed by atoms with van der Waals surface area (Å²) in [7, 11) is 0. The maximum absolute atomic E-state index is 13.8. The number of rotatable bonds is 15. The van der Waals surface area contributed by atoms with E-state index in [1.165, 1.54) is 12.8 Å². The molecule has 2 amide bonds. The summed E-state index contributed by atoms with van der Waals surface area (Å²) in [6.07, 6.45) is 12.1. The van der Waals surface area contributed by atoms with E-state index in [0.29, 0.717) is 13.1 Å². The van der Waals surface area contributed by atoms with E-state index in [4.69, 9.17) is 14.5 Å². The number of aryl methyl sites for hydroxylation is 1. The molecule has 2 aromatic carbocycles. The topological polar surface area (TPSA) is 74.7 Å². The van der Waals surface area contributed by atoms with Gasteiger partial charge in [0.1, 0.15) is 11.2 Å². The van der Waals surface area contributed by atoms with Crippen LogP contribution in [-0.2, 0) is 9.47 Å². The molecule has 284 valence electrons. The van der Waals surface area contributed by atoms with Gasteiger partial charge in [-0.25, -0.2) is 14.6 Å². The van der Waals surface area contributed by atoms with Crippen LogP contribution in [-0.4, -0.2) is 62.0 Å². The number of hydrogen-bond acceptors (Lipinski definition) is 6. The monoisotopic (exact) mass is 936 g/mol. The SMILES string of the molecule is CC1=CC2=Nc3cc(C)c(N(CCCCCCI)C(=O)OC(C)(C)C)cc3N(c3ccccc3)C2C=C1N(CCCCCCI)C(=O)OC(C)(C)C. The normalized spacial score (nSPS) is 15.5. The number of hydrogen-bond donors (Lipinski definition) is 0. The highest BCUT2D eigenvalue weighted by atomic mass is 127. The molecule has 1 aliphatic carbocycles. The van der Waals surface area contributed by atoms with Crippen LogP contribution in [0.4, 0.5) is 32.3 Å². The van der Waals surface area contributed by atoms with Gasteiger partial charge in [-0.15, -0.1) is 0 Å². The quantitative estimate of drug-likeness (QED) is 0.101. The Morgan fingerprint density at radius 1 is 0.769 bits per heavy atom. The van der Waals surface area contributed by atoms with Crippen LogP contribution < -0.4 is 9.80 Å². The van der Waals surface area contributed by atoms with E-state index in [2.05, 4.69) is 86.5 Å². The third kappa shape index (κ3) is 11.7. The van der Waals surface area contributed by atoms with Crippen molar-refractivity contribution in [2.75, 3.05) is 31.7 Å². The Bertz CT molecular complexity index is 1620. The fourth-order valence-corrected chi connectivity index (χ4v) is 7.55. The number of anilines is 3. The molecule has 0 saturated heterocycles. The Morgan fingerprint density at radius 2 is 1.31 bits per heavy atom. The highest BCUT2D eigenvalue weighted by Crippen LogP contribution is 2.46. The van der Waals surface area contributed by atoms with Crippen molar-refractivity contribution < 1.29 is 19.1 Å². The zero-order chi connectivity index (χ0) is 38.1. The number of carbonyl (C=O) groups excluding carboxylic acids is 2. The van der Waals surface area contributed by atoms with Crippen molar-refractivity contribution in [1.29, 1.82) is 0 Å². The average Bonchev–Trinajstić information content (AvgIpc) is 3.06. The summed E-state index contributed by atoms with van der Waals surface area (Å²) in [6, 6.07) is 14.2. The number of halogens is 2. The van der Waals surface area contributed by atoms with E-state index >= 15 is 0 Å². The van der Waals surface area contributed by atoms with E-state index in [1.54, 1.807) is 0 Å². The first-order valence-electron chi connectivity index (χ1n) is 18.7. The van der Waals surface area contributed by atoms with Gasteiger partial charge in [0.05, 0.1) is 28.8 Å². The molecule has 0 fully saturated rings. The predicted molar refractivity (Wildman–Crippen MR) is 234 cm³/mol. The van der Waals surface area contributed by atoms with Gasteiger partial charge in [-0.3, -0.25) is 9.80 Å². The molecule has 1 atom stereocenters. The predicted octanol–water partition coefficient (Wildman–Crippen LogP) is 12.4. The van der Waals surface area contributed by atoms with Crippen molar-refractivity contribution in [3.8, 4) is 0 Å². The van der Waals surface area contributed by atoms with Crippen LogP contribution >= 0.6 is 45.2 Å². The zero-order valence-electron chi connectivity index (χ0n) is 32.4. The van der Waals surface area contributed by atoms with Crippen LogP contribution in [0.15, 0.2) is 70.9 Å². The Labute approximate surface area is 339 Å². The number of ether oxygens (including phenoxy) is 2.